The number of carboxylic acids is 1. The number of carbonyl (C=O) groups excluding carboxylic acids is 3. The van der Waals surface area contributed by atoms with Crippen LogP contribution in [0.5, 0.6) is 0 Å². The van der Waals surface area contributed by atoms with E-state index in [2.05, 4.69) is 64.0 Å². The minimum atomic E-state index is -0.835. The van der Waals surface area contributed by atoms with Gasteiger partial charge in [-0.25, -0.2) is 0 Å². The number of allylic oxidation sites excluding steroid dienone is 1. The second kappa shape index (κ2) is 15.7. The van der Waals surface area contributed by atoms with Crippen LogP contribution in [-0.2, 0) is 28.7 Å². The van der Waals surface area contributed by atoms with Gasteiger partial charge in [-0.2, -0.15) is 0 Å². The Morgan fingerprint density at radius 1 is 0.883 bits per heavy atom. The van der Waals surface area contributed by atoms with Gasteiger partial charge < -0.3 is 30.3 Å². The van der Waals surface area contributed by atoms with Crippen molar-refractivity contribution < 1.29 is 38.9 Å². The number of rotatable bonds is 12. The van der Waals surface area contributed by atoms with Crippen LogP contribution in [0.3, 0.4) is 0 Å². The molecule has 1 heterocycles. The van der Waals surface area contributed by atoms with Crippen LogP contribution >= 0.6 is 0 Å². The van der Waals surface area contributed by atoms with E-state index in [9.17, 15) is 29.4 Å². The van der Waals surface area contributed by atoms with E-state index in [-0.39, 0.29) is 57.3 Å². The summed E-state index contributed by atoms with van der Waals surface area (Å²) in [6.45, 7) is 28.3. The molecule has 0 aromatic carbocycles. The molecule has 0 unspecified atom stereocenters. The molecule has 5 saturated carbocycles. The molecule has 1 saturated heterocycles. The molecule has 0 aromatic heterocycles. The maximum Gasteiger partial charge on any atom is 0.309 e. The first-order chi connectivity index (χ1) is 27.9. The van der Waals surface area contributed by atoms with Crippen LogP contribution in [0, 0.1) is 68.0 Å². The van der Waals surface area contributed by atoms with Crippen LogP contribution in [0.15, 0.2) is 11.1 Å². The van der Waals surface area contributed by atoms with Crippen molar-refractivity contribution in [3.63, 3.8) is 0 Å². The van der Waals surface area contributed by atoms with Crippen molar-refractivity contribution in [3.8, 4) is 0 Å². The number of nitrogens with zero attached hydrogens (tertiary/aromatic N) is 1. The summed E-state index contributed by atoms with van der Waals surface area (Å²) in [6, 6.07) is 0. The predicted octanol–water partition coefficient (Wildman–Crippen LogP) is 6.80. The summed E-state index contributed by atoms with van der Waals surface area (Å²) in [7, 11) is 0. The van der Waals surface area contributed by atoms with Gasteiger partial charge in [-0.3, -0.25) is 24.1 Å². The number of hydrogen-bond acceptors (Lipinski definition) is 9. The van der Waals surface area contributed by atoms with Gasteiger partial charge in [-0.1, -0.05) is 67.9 Å². The SMILES string of the molecule is CC(C)C1=C2[C@H]3CC[C@@H]4[C@@]5(C)CC[C@H](OC(=O)[C@H]6C[C@@H](C(=O)O)C6(C)C)C(C)(C)[C@@H]5CC[C@@]4(C)[C@]3(C)CC[C@@]2([C@@H](O)CNCC(C)(C)NC(=O)CN2CCOCC2)CC1=O. The number of fused-ring (bicyclic) bond motifs is 7. The molecule has 1 aliphatic heterocycles. The van der Waals surface area contributed by atoms with Crippen molar-refractivity contribution >= 4 is 23.6 Å². The molecular weight excluding hydrogens is 759 g/mol. The number of aliphatic hydroxyl groups is 1. The standard InChI is InChI=1S/C49H79N3O8/c1-29(2)39-33(53)25-49(36(54)26-50-28-43(3,4)51-38(55)27-52-20-22-59-23-21-52)19-18-47(10)30(40(39)49)12-13-35-46(9)16-15-37(45(7,8)34(46)14-17-48(35,47)11)60-42(58)32-24-31(41(56)57)44(32,5)6/h29-32,34-37,50,54H,12-28H2,1-11H3,(H,51,55)(H,56,57)/t30-,31+,32-,34+,35-,36+,37+,46+,47-,48-,49+/m1/s1. The van der Waals surface area contributed by atoms with E-state index >= 15 is 0 Å². The van der Waals surface area contributed by atoms with Gasteiger partial charge in [0.1, 0.15) is 6.10 Å². The third-order valence-corrected chi connectivity index (χ3v) is 19.0. The minimum Gasteiger partial charge on any atom is -0.481 e. The lowest BCUT2D eigenvalue weighted by atomic mass is 9.33. The maximum atomic E-state index is 14.2. The van der Waals surface area contributed by atoms with Crippen LogP contribution < -0.4 is 10.6 Å². The van der Waals surface area contributed by atoms with Gasteiger partial charge in [0.2, 0.25) is 5.91 Å². The number of ketones is 1. The fourth-order valence-corrected chi connectivity index (χ4v) is 15.4. The molecule has 6 fully saturated rings. The van der Waals surface area contributed by atoms with Gasteiger partial charge >= 0.3 is 11.9 Å². The molecule has 0 spiro atoms. The largest absolute Gasteiger partial charge is 0.481 e. The Bertz CT molecular complexity index is 1750. The number of aliphatic carboxylic acids is 1. The van der Waals surface area contributed by atoms with Crippen molar-refractivity contribution in [1.82, 2.24) is 15.5 Å². The van der Waals surface area contributed by atoms with Crippen LogP contribution in [-0.4, -0.2) is 102 Å². The topological polar surface area (TPSA) is 154 Å². The van der Waals surface area contributed by atoms with Gasteiger partial charge in [0.05, 0.1) is 37.7 Å². The Morgan fingerprint density at radius 3 is 2.20 bits per heavy atom. The monoisotopic (exact) mass is 838 g/mol. The number of nitrogens with one attached hydrogen (secondary N) is 2. The third kappa shape index (κ3) is 7.23. The molecule has 338 valence electrons. The number of aliphatic hydroxyl groups excluding tert-OH is 1. The zero-order chi connectivity index (χ0) is 44.0. The lowest BCUT2D eigenvalue weighted by Crippen LogP contribution is -2.66. The Balaban J connectivity index is 1.07. The summed E-state index contributed by atoms with van der Waals surface area (Å²) in [5.74, 6) is -0.638. The summed E-state index contributed by atoms with van der Waals surface area (Å²) in [4.78, 5) is 54.7. The van der Waals surface area contributed by atoms with E-state index in [0.717, 1.165) is 70.0 Å². The quantitative estimate of drug-likeness (QED) is 0.154. The highest BCUT2D eigenvalue weighted by Crippen LogP contribution is 2.77. The number of carboxylic acid groups (broad SMARTS) is 1. The van der Waals surface area contributed by atoms with E-state index in [4.69, 9.17) is 9.47 Å². The molecule has 0 aromatic rings. The zero-order valence-electron chi connectivity index (χ0n) is 38.9. The van der Waals surface area contributed by atoms with Gasteiger partial charge in [-0.05, 0) is 123 Å². The summed E-state index contributed by atoms with van der Waals surface area (Å²) >= 11 is 0. The molecule has 60 heavy (non-hydrogen) atoms. The van der Waals surface area contributed by atoms with E-state index < -0.39 is 40.3 Å². The third-order valence-electron chi connectivity index (χ3n) is 19.0. The summed E-state index contributed by atoms with van der Waals surface area (Å²) < 4.78 is 11.9. The molecule has 0 radical (unpaired) electrons. The smallest absolute Gasteiger partial charge is 0.309 e. The van der Waals surface area contributed by atoms with Crippen molar-refractivity contribution in [3.05, 3.63) is 11.1 Å². The number of esters is 1. The molecule has 11 atom stereocenters. The average Bonchev–Trinajstić information content (AvgIpc) is 3.45. The number of Topliss-reactive ketones (excluding diaryl/α,β-unsaturated/α-hetero) is 1. The molecule has 11 heteroatoms. The Kier molecular flexibility index (Phi) is 12.0. The van der Waals surface area contributed by atoms with Gasteiger partial charge in [-0.15, -0.1) is 0 Å². The first-order valence-electron chi connectivity index (χ1n) is 23.6. The Hall–Kier alpha value is -2.34. The summed E-state index contributed by atoms with van der Waals surface area (Å²) in [5, 5.41) is 28.8. The fraction of sp³-hybridized carbons (Fsp3) is 0.878. The highest BCUT2D eigenvalue weighted by atomic mass is 16.5. The summed E-state index contributed by atoms with van der Waals surface area (Å²) in [5.41, 5.74) is 0.313. The highest BCUT2D eigenvalue weighted by Gasteiger charge is 2.71. The number of hydrogen-bond donors (Lipinski definition) is 4. The molecule has 4 N–H and O–H groups in total. The molecule has 7 aliphatic rings. The van der Waals surface area contributed by atoms with Crippen molar-refractivity contribution in [1.29, 1.82) is 0 Å². The fourth-order valence-electron chi connectivity index (χ4n) is 15.4. The highest BCUT2D eigenvalue weighted by molar-refractivity contribution is 6.00. The zero-order valence-corrected chi connectivity index (χ0v) is 38.9. The number of amides is 1. The molecule has 1 amide bonds. The molecule has 11 nitrogen and oxygen atoms in total. The van der Waals surface area contributed by atoms with Crippen molar-refractivity contribution in [2.24, 2.45) is 68.0 Å². The second-order valence-electron chi connectivity index (χ2n) is 23.6. The summed E-state index contributed by atoms with van der Waals surface area (Å²) in [6.07, 6.45) is 7.53. The maximum absolute atomic E-state index is 14.2. The molecule has 7 rings (SSSR count). The molecular formula is C49H79N3O8. The van der Waals surface area contributed by atoms with E-state index in [1.165, 1.54) is 5.57 Å². The van der Waals surface area contributed by atoms with E-state index in [1.807, 2.05) is 27.7 Å². The molecule has 6 aliphatic carbocycles. The van der Waals surface area contributed by atoms with Crippen LogP contribution in [0.2, 0.25) is 0 Å². The van der Waals surface area contributed by atoms with Crippen LogP contribution in [0.25, 0.3) is 0 Å². The molecule has 0 bridgehead atoms. The van der Waals surface area contributed by atoms with E-state index in [1.54, 1.807) is 0 Å². The average molecular weight is 838 g/mol. The van der Waals surface area contributed by atoms with Crippen molar-refractivity contribution in [2.75, 3.05) is 45.9 Å². The Labute approximate surface area is 360 Å². The predicted molar refractivity (Wildman–Crippen MR) is 231 cm³/mol. The van der Waals surface area contributed by atoms with E-state index in [0.29, 0.717) is 57.5 Å². The van der Waals surface area contributed by atoms with Crippen LogP contribution in [0.1, 0.15) is 140 Å². The number of ether oxygens (including phenoxy) is 2. The van der Waals surface area contributed by atoms with Crippen molar-refractivity contribution in [2.45, 2.75) is 158 Å². The normalized spacial score (nSPS) is 40.4. The first-order valence-corrected chi connectivity index (χ1v) is 23.6. The van der Waals surface area contributed by atoms with Gasteiger partial charge in [0.15, 0.2) is 5.78 Å². The van der Waals surface area contributed by atoms with Crippen LogP contribution in [0.4, 0.5) is 0 Å². The second-order valence-corrected chi connectivity index (χ2v) is 23.6. The van der Waals surface area contributed by atoms with Gasteiger partial charge in [0, 0.05) is 49.0 Å². The van der Waals surface area contributed by atoms with Gasteiger partial charge in [0.25, 0.3) is 0 Å². The Morgan fingerprint density at radius 2 is 1.57 bits per heavy atom. The minimum absolute atomic E-state index is 0.0139. The first kappa shape index (κ1) is 45.7. The number of carbonyl (C=O) groups is 4. The lowest BCUT2D eigenvalue weighted by molar-refractivity contribution is -0.238. The number of morpholine rings is 1. The lowest BCUT2D eigenvalue weighted by Gasteiger charge is -2.72.